The Bertz CT molecular complexity index is 851. The Hall–Kier alpha value is -1.80. The van der Waals surface area contributed by atoms with E-state index in [1.165, 1.54) is 30.5 Å². The number of hydrogen-bond donors (Lipinski definition) is 1. The zero-order chi connectivity index (χ0) is 16.5. The summed E-state index contributed by atoms with van der Waals surface area (Å²) in [6, 6.07) is 7.07. The fourth-order valence-corrected chi connectivity index (χ4v) is 3.63. The fourth-order valence-electron chi connectivity index (χ4n) is 1.82. The van der Waals surface area contributed by atoms with Gasteiger partial charge < -0.3 is 0 Å². The summed E-state index contributed by atoms with van der Waals surface area (Å²) in [5, 5.41) is 0. The van der Waals surface area contributed by atoms with Gasteiger partial charge in [0.15, 0.2) is 0 Å². The van der Waals surface area contributed by atoms with Gasteiger partial charge in [-0.2, -0.15) is 0 Å². The largest absolute Gasteiger partial charge is 0.279 e. The molecule has 0 saturated heterocycles. The molecule has 0 saturated carbocycles. The third-order valence-electron chi connectivity index (χ3n) is 2.87. The molecule has 0 unspecified atom stereocenters. The highest BCUT2D eigenvalue weighted by atomic mass is 32.2. The number of aryl methyl sites for hydroxylation is 1. The van der Waals surface area contributed by atoms with Gasteiger partial charge in [-0.15, -0.1) is 0 Å². The topological polar surface area (TPSA) is 63.2 Å². The predicted octanol–water partition coefficient (Wildman–Crippen LogP) is 2.81. The number of sulfonamides is 1. The minimum atomic E-state index is -4.18. The van der Waals surface area contributed by atoms with Crippen molar-refractivity contribution in [3.05, 3.63) is 53.6 Å². The molecule has 0 aliphatic rings. The van der Waals surface area contributed by atoms with E-state index in [1.807, 2.05) is 0 Å². The summed E-state index contributed by atoms with van der Waals surface area (Å²) >= 11 is 0. The lowest BCUT2D eigenvalue weighted by molar-refractivity contribution is 0.569. The van der Waals surface area contributed by atoms with Gasteiger partial charge in [-0.25, -0.2) is 17.2 Å². The van der Waals surface area contributed by atoms with Gasteiger partial charge in [-0.3, -0.25) is 8.93 Å². The quantitative estimate of drug-likeness (QED) is 0.927. The van der Waals surface area contributed by atoms with Crippen molar-refractivity contribution in [2.24, 2.45) is 0 Å². The van der Waals surface area contributed by atoms with Crippen LogP contribution in [0.15, 0.2) is 46.2 Å². The number of anilines is 1. The Morgan fingerprint density at radius 3 is 2.32 bits per heavy atom. The van der Waals surface area contributed by atoms with E-state index in [-0.39, 0.29) is 10.6 Å². The van der Waals surface area contributed by atoms with Crippen LogP contribution in [0.1, 0.15) is 5.56 Å². The van der Waals surface area contributed by atoms with E-state index >= 15 is 0 Å². The highest BCUT2D eigenvalue weighted by Gasteiger charge is 2.20. The maximum absolute atomic E-state index is 13.7. The highest BCUT2D eigenvalue weighted by molar-refractivity contribution is 7.92. The summed E-state index contributed by atoms with van der Waals surface area (Å²) in [4.78, 5) is -0.555. The van der Waals surface area contributed by atoms with Crippen molar-refractivity contribution in [3.63, 3.8) is 0 Å². The predicted molar refractivity (Wildman–Crippen MR) is 80.7 cm³/mol. The zero-order valence-corrected chi connectivity index (χ0v) is 13.4. The molecule has 0 radical (unpaired) electrons. The monoisotopic (exact) mass is 345 g/mol. The van der Waals surface area contributed by atoms with E-state index in [0.717, 1.165) is 12.1 Å². The lowest BCUT2D eigenvalue weighted by Crippen LogP contribution is -2.15. The van der Waals surface area contributed by atoms with Gasteiger partial charge in [0.25, 0.3) is 10.0 Å². The minimum absolute atomic E-state index is 0.0373. The molecule has 8 heteroatoms. The first kappa shape index (κ1) is 16.6. The molecule has 0 aliphatic heterocycles. The van der Waals surface area contributed by atoms with Gasteiger partial charge in [-0.1, -0.05) is 6.07 Å². The van der Waals surface area contributed by atoms with Crippen LogP contribution in [0.2, 0.25) is 0 Å². The van der Waals surface area contributed by atoms with Gasteiger partial charge in [0, 0.05) is 6.26 Å². The molecule has 1 atom stereocenters. The van der Waals surface area contributed by atoms with Crippen LogP contribution in [0.25, 0.3) is 0 Å². The summed E-state index contributed by atoms with van der Waals surface area (Å²) in [6.45, 7) is 1.63. The maximum atomic E-state index is 13.7. The summed E-state index contributed by atoms with van der Waals surface area (Å²) in [5.74, 6) is -1.70. The fraction of sp³-hybridized carbons (Fsp3) is 0.143. The summed E-state index contributed by atoms with van der Waals surface area (Å²) < 4.78 is 65.1. The first-order valence-corrected chi connectivity index (χ1v) is 9.17. The molecular formula is C14H13F2NO3S2. The molecule has 0 aliphatic carbocycles. The van der Waals surface area contributed by atoms with Crippen LogP contribution in [0, 0.1) is 18.6 Å². The first-order chi connectivity index (χ1) is 10.2. The molecule has 2 rings (SSSR count). The van der Waals surface area contributed by atoms with E-state index in [2.05, 4.69) is 4.72 Å². The number of nitrogens with one attached hydrogen (secondary N) is 1. The van der Waals surface area contributed by atoms with E-state index in [0.29, 0.717) is 5.56 Å². The van der Waals surface area contributed by atoms with Gasteiger partial charge in [0.05, 0.1) is 21.4 Å². The summed E-state index contributed by atoms with van der Waals surface area (Å²) in [7, 11) is -5.71. The van der Waals surface area contributed by atoms with Crippen molar-refractivity contribution in [3.8, 4) is 0 Å². The van der Waals surface area contributed by atoms with Gasteiger partial charge in [0.2, 0.25) is 0 Å². The Balaban J connectivity index is 2.39. The van der Waals surface area contributed by atoms with Gasteiger partial charge in [0.1, 0.15) is 16.5 Å². The van der Waals surface area contributed by atoms with Crippen LogP contribution < -0.4 is 4.72 Å². The summed E-state index contributed by atoms with van der Waals surface area (Å²) in [6.07, 6.45) is 1.31. The molecule has 0 fully saturated rings. The number of rotatable bonds is 4. The van der Waals surface area contributed by atoms with Crippen LogP contribution in [-0.2, 0) is 20.8 Å². The van der Waals surface area contributed by atoms with Crippen molar-refractivity contribution in [1.29, 1.82) is 0 Å². The van der Waals surface area contributed by atoms with Crippen molar-refractivity contribution in [2.45, 2.75) is 16.7 Å². The van der Waals surface area contributed by atoms with Crippen molar-refractivity contribution >= 4 is 26.5 Å². The third-order valence-corrected chi connectivity index (χ3v) is 5.22. The molecule has 2 aromatic carbocycles. The Morgan fingerprint density at radius 2 is 1.73 bits per heavy atom. The Morgan fingerprint density at radius 1 is 1.05 bits per heavy atom. The molecule has 1 N–H and O–H groups in total. The second-order valence-electron chi connectivity index (χ2n) is 4.64. The average molecular weight is 345 g/mol. The molecule has 22 heavy (non-hydrogen) atoms. The van der Waals surface area contributed by atoms with Gasteiger partial charge >= 0.3 is 0 Å². The van der Waals surface area contributed by atoms with Crippen LogP contribution in [0.4, 0.5) is 14.5 Å². The second-order valence-corrected chi connectivity index (χ2v) is 7.64. The smallest absolute Gasteiger partial charge is 0.264 e. The number of benzene rings is 2. The van der Waals surface area contributed by atoms with E-state index < -0.39 is 37.4 Å². The second kappa shape index (κ2) is 6.13. The third kappa shape index (κ3) is 3.50. The lowest BCUT2D eigenvalue weighted by atomic mass is 10.2. The molecule has 0 spiro atoms. The molecule has 0 amide bonds. The Labute approximate surface area is 129 Å². The van der Waals surface area contributed by atoms with Crippen LogP contribution in [0.5, 0.6) is 0 Å². The van der Waals surface area contributed by atoms with E-state index in [9.17, 15) is 21.4 Å². The lowest BCUT2D eigenvalue weighted by Gasteiger charge is -2.10. The zero-order valence-electron chi connectivity index (χ0n) is 11.8. The molecule has 0 bridgehead atoms. The van der Waals surface area contributed by atoms with Crippen molar-refractivity contribution < 1.29 is 21.4 Å². The van der Waals surface area contributed by atoms with E-state index in [1.54, 1.807) is 6.92 Å². The van der Waals surface area contributed by atoms with Gasteiger partial charge in [-0.05, 0) is 42.8 Å². The molecule has 2 aromatic rings. The molecule has 118 valence electrons. The van der Waals surface area contributed by atoms with Crippen molar-refractivity contribution in [2.75, 3.05) is 11.0 Å². The highest BCUT2D eigenvalue weighted by Crippen LogP contribution is 2.22. The first-order valence-electron chi connectivity index (χ1n) is 6.12. The molecule has 0 heterocycles. The number of halogens is 2. The van der Waals surface area contributed by atoms with E-state index in [4.69, 9.17) is 0 Å². The van der Waals surface area contributed by atoms with Crippen LogP contribution in [0.3, 0.4) is 0 Å². The van der Waals surface area contributed by atoms with Crippen molar-refractivity contribution in [1.82, 2.24) is 0 Å². The minimum Gasteiger partial charge on any atom is -0.279 e. The molecular weight excluding hydrogens is 332 g/mol. The average Bonchev–Trinajstić information content (AvgIpc) is 2.40. The SMILES string of the molecule is Cc1ccc(F)c(S(=O)(=O)Nc2ccc([S@@](C)=O)c(F)c2)c1. The summed E-state index contributed by atoms with van der Waals surface area (Å²) in [5.41, 5.74) is 0.497. The standard InChI is InChI=1S/C14H13F2NO3S2/c1-9-3-5-11(15)14(7-9)22(19,20)17-10-4-6-13(21(2)18)12(16)8-10/h3-8,17H,1-2H3/t21-/m1/s1. The Kier molecular flexibility index (Phi) is 4.62. The van der Waals surface area contributed by atoms with Crippen LogP contribution >= 0.6 is 0 Å². The number of hydrogen-bond acceptors (Lipinski definition) is 3. The molecule has 4 nitrogen and oxygen atoms in total. The normalized spacial score (nSPS) is 12.9. The van der Waals surface area contributed by atoms with Crippen LogP contribution in [-0.4, -0.2) is 18.9 Å². The maximum Gasteiger partial charge on any atom is 0.264 e. The molecule has 0 aromatic heterocycles.